The minimum atomic E-state index is 0.234. The molecule has 4 rings (SSSR count). The second-order valence-electron chi connectivity index (χ2n) is 6.29. The number of nitrogens with zero attached hydrogens (tertiary/aromatic N) is 4. The van der Waals surface area contributed by atoms with Crippen molar-refractivity contribution in [1.82, 2.24) is 19.9 Å². The van der Waals surface area contributed by atoms with Crippen molar-refractivity contribution in [3.63, 3.8) is 0 Å². The number of benzene rings is 1. The van der Waals surface area contributed by atoms with Gasteiger partial charge in [0.25, 0.3) is 0 Å². The summed E-state index contributed by atoms with van der Waals surface area (Å²) in [7, 11) is 0. The van der Waals surface area contributed by atoms with Gasteiger partial charge in [0, 0.05) is 38.8 Å². The van der Waals surface area contributed by atoms with Crippen LogP contribution in [0.25, 0.3) is 11.0 Å². The molecule has 1 N–H and O–H groups in total. The average Bonchev–Trinajstić information content (AvgIpc) is 3.16. The Morgan fingerprint density at radius 3 is 2.64 bits per heavy atom. The van der Waals surface area contributed by atoms with Crippen LogP contribution < -0.4 is 4.90 Å². The van der Waals surface area contributed by atoms with Crippen molar-refractivity contribution in [3.8, 4) is 0 Å². The standard InChI is InChI=1S/C19H21N5O/c25-17(7-6-15-4-2-1-3-5-15)23-10-12-24(13-11-23)19-16-8-9-20-18(16)21-14-22-19/h1-5,8-9,14H,6-7,10-13H2,(H,20,21,22). The zero-order valence-corrected chi connectivity index (χ0v) is 14.1. The van der Waals surface area contributed by atoms with E-state index in [1.165, 1.54) is 5.56 Å². The number of aryl methyl sites for hydroxylation is 1. The van der Waals surface area contributed by atoms with Crippen molar-refractivity contribution in [3.05, 3.63) is 54.5 Å². The smallest absolute Gasteiger partial charge is 0.223 e. The van der Waals surface area contributed by atoms with Crippen LogP contribution in [-0.4, -0.2) is 51.9 Å². The minimum Gasteiger partial charge on any atom is -0.352 e. The summed E-state index contributed by atoms with van der Waals surface area (Å²) in [4.78, 5) is 28.5. The lowest BCUT2D eigenvalue weighted by atomic mass is 10.1. The van der Waals surface area contributed by atoms with Gasteiger partial charge in [-0.05, 0) is 18.1 Å². The molecule has 25 heavy (non-hydrogen) atoms. The predicted octanol–water partition coefficient (Wildman–Crippen LogP) is 2.24. The molecule has 0 radical (unpaired) electrons. The molecule has 2 aromatic heterocycles. The van der Waals surface area contributed by atoms with Crippen molar-refractivity contribution in [1.29, 1.82) is 0 Å². The number of carbonyl (C=O) groups is 1. The van der Waals surface area contributed by atoms with Crippen LogP contribution in [0.15, 0.2) is 48.9 Å². The molecule has 3 aromatic rings. The number of hydrogen-bond acceptors (Lipinski definition) is 4. The Bertz CT molecular complexity index is 852. The number of carbonyl (C=O) groups excluding carboxylic acids is 1. The Morgan fingerprint density at radius 2 is 1.84 bits per heavy atom. The summed E-state index contributed by atoms with van der Waals surface area (Å²) < 4.78 is 0. The average molecular weight is 335 g/mol. The van der Waals surface area contributed by atoms with Crippen LogP contribution in [-0.2, 0) is 11.2 Å². The van der Waals surface area contributed by atoms with E-state index in [-0.39, 0.29) is 5.91 Å². The van der Waals surface area contributed by atoms with Crippen molar-refractivity contribution >= 4 is 22.8 Å². The summed E-state index contributed by atoms with van der Waals surface area (Å²) in [5, 5.41) is 1.03. The Morgan fingerprint density at radius 1 is 1.04 bits per heavy atom. The summed E-state index contributed by atoms with van der Waals surface area (Å²) >= 11 is 0. The van der Waals surface area contributed by atoms with Crippen LogP contribution in [0.5, 0.6) is 0 Å². The maximum absolute atomic E-state index is 12.5. The van der Waals surface area contributed by atoms with E-state index in [9.17, 15) is 4.79 Å². The van der Waals surface area contributed by atoms with E-state index in [0.717, 1.165) is 49.5 Å². The predicted molar refractivity (Wildman–Crippen MR) is 97.4 cm³/mol. The number of anilines is 1. The molecule has 128 valence electrons. The third-order valence-corrected chi connectivity index (χ3v) is 4.74. The van der Waals surface area contributed by atoms with Gasteiger partial charge in [-0.25, -0.2) is 9.97 Å². The summed E-state index contributed by atoms with van der Waals surface area (Å²) in [6.07, 6.45) is 4.84. The molecule has 6 nitrogen and oxygen atoms in total. The van der Waals surface area contributed by atoms with E-state index >= 15 is 0 Å². The van der Waals surface area contributed by atoms with Gasteiger partial charge < -0.3 is 14.8 Å². The SMILES string of the molecule is O=C(CCc1ccccc1)N1CCN(c2ncnc3[nH]ccc23)CC1. The fourth-order valence-corrected chi connectivity index (χ4v) is 3.33. The second-order valence-corrected chi connectivity index (χ2v) is 6.29. The normalized spacial score (nSPS) is 14.9. The number of aromatic amines is 1. The third kappa shape index (κ3) is 3.33. The molecule has 1 aromatic carbocycles. The molecule has 0 unspecified atom stereocenters. The number of rotatable bonds is 4. The van der Waals surface area contributed by atoms with Crippen molar-refractivity contribution in [2.24, 2.45) is 0 Å². The molecule has 0 atom stereocenters. The highest BCUT2D eigenvalue weighted by molar-refractivity contribution is 5.87. The zero-order valence-electron chi connectivity index (χ0n) is 14.1. The fourth-order valence-electron chi connectivity index (χ4n) is 3.33. The Hall–Kier alpha value is -2.89. The van der Waals surface area contributed by atoms with E-state index < -0.39 is 0 Å². The first kappa shape index (κ1) is 15.6. The fraction of sp³-hybridized carbons (Fsp3) is 0.316. The Kier molecular flexibility index (Phi) is 4.33. The van der Waals surface area contributed by atoms with E-state index in [1.807, 2.05) is 35.4 Å². The molecular weight excluding hydrogens is 314 g/mol. The van der Waals surface area contributed by atoms with Crippen LogP contribution in [0, 0.1) is 0 Å². The largest absolute Gasteiger partial charge is 0.352 e. The van der Waals surface area contributed by atoms with Crippen LogP contribution in [0.2, 0.25) is 0 Å². The lowest BCUT2D eigenvalue weighted by Gasteiger charge is -2.35. The molecule has 1 aliphatic rings. The molecule has 6 heteroatoms. The molecule has 1 amide bonds. The molecule has 1 aliphatic heterocycles. The molecule has 1 saturated heterocycles. The quantitative estimate of drug-likeness (QED) is 0.794. The third-order valence-electron chi connectivity index (χ3n) is 4.74. The van der Waals surface area contributed by atoms with Gasteiger partial charge in [0.1, 0.15) is 17.8 Å². The summed E-state index contributed by atoms with van der Waals surface area (Å²) in [5.41, 5.74) is 2.07. The highest BCUT2D eigenvalue weighted by atomic mass is 16.2. The first-order valence-electron chi connectivity index (χ1n) is 8.66. The van der Waals surface area contributed by atoms with Gasteiger partial charge >= 0.3 is 0 Å². The van der Waals surface area contributed by atoms with E-state index in [1.54, 1.807) is 6.33 Å². The van der Waals surface area contributed by atoms with E-state index in [0.29, 0.717) is 6.42 Å². The van der Waals surface area contributed by atoms with Gasteiger partial charge in [0.05, 0.1) is 5.39 Å². The molecule has 0 aliphatic carbocycles. The molecule has 1 fully saturated rings. The maximum Gasteiger partial charge on any atom is 0.223 e. The van der Waals surface area contributed by atoms with E-state index in [4.69, 9.17) is 0 Å². The van der Waals surface area contributed by atoms with Gasteiger partial charge in [-0.1, -0.05) is 30.3 Å². The zero-order chi connectivity index (χ0) is 17.1. The van der Waals surface area contributed by atoms with Crippen LogP contribution >= 0.6 is 0 Å². The van der Waals surface area contributed by atoms with E-state index in [2.05, 4.69) is 32.0 Å². The van der Waals surface area contributed by atoms with Crippen LogP contribution in [0.4, 0.5) is 5.82 Å². The number of amides is 1. The number of hydrogen-bond donors (Lipinski definition) is 1. The molecule has 0 saturated carbocycles. The summed E-state index contributed by atoms with van der Waals surface area (Å²) in [6.45, 7) is 3.08. The minimum absolute atomic E-state index is 0.234. The lowest BCUT2D eigenvalue weighted by Crippen LogP contribution is -2.49. The Balaban J connectivity index is 1.35. The van der Waals surface area contributed by atoms with Gasteiger partial charge in [-0.3, -0.25) is 4.79 Å². The van der Waals surface area contributed by atoms with Crippen LogP contribution in [0.1, 0.15) is 12.0 Å². The topological polar surface area (TPSA) is 65.1 Å². The van der Waals surface area contributed by atoms with Crippen molar-refractivity contribution in [2.75, 3.05) is 31.1 Å². The lowest BCUT2D eigenvalue weighted by molar-refractivity contribution is -0.131. The molecule has 0 spiro atoms. The van der Waals surface area contributed by atoms with Gasteiger partial charge in [0.15, 0.2) is 0 Å². The second kappa shape index (κ2) is 6.93. The number of H-pyrrole nitrogens is 1. The molecular formula is C19H21N5O. The summed E-state index contributed by atoms with van der Waals surface area (Å²) in [5.74, 6) is 1.18. The Labute approximate surface area is 146 Å². The number of fused-ring (bicyclic) bond motifs is 1. The van der Waals surface area contributed by atoms with Gasteiger partial charge in [0.2, 0.25) is 5.91 Å². The first-order chi connectivity index (χ1) is 12.3. The monoisotopic (exact) mass is 335 g/mol. The first-order valence-corrected chi connectivity index (χ1v) is 8.66. The summed E-state index contributed by atoms with van der Waals surface area (Å²) in [6, 6.07) is 12.2. The van der Waals surface area contributed by atoms with Crippen LogP contribution in [0.3, 0.4) is 0 Å². The van der Waals surface area contributed by atoms with Crippen molar-refractivity contribution < 1.29 is 4.79 Å². The van der Waals surface area contributed by atoms with Crippen molar-refractivity contribution in [2.45, 2.75) is 12.8 Å². The maximum atomic E-state index is 12.5. The molecule has 3 heterocycles. The van der Waals surface area contributed by atoms with Gasteiger partial charge in [-0.2, -0.15) is 0 Å². The highest BCUT2D eigenvalue weighted by Crippen LogP contribution is 2.23. The number of nitrogens with one attached hydrogen (secondary N) is 1. The van der Waals surface area contributed by atoms with Gasteiger partial charge in [-0.15, -0.1) is 0 Å². The highest BCUT2D eigenvalue weighted by Gasteiger charge is 2.23. The number of piperazine rings is 1. The molecule has 0 bridgehead atoms. The number of aromatic nitrogens is 3.